The van der Waals surface area contributed by atoms with Crippen LogP contribution in [0.25, 0.3) is 0 Å². The van der Waals surface area contributed by atoms with Crippen LogP contribution in [0.5, 0.6) is 0 Å². The van der Waals surface area contributed by atoms with Gasteiger partial charge in [0.1, 0.15) is 5.54 Å². The van der Waals surface area contributed by atoms with E-state index in [0.29, 0.717) is 19.0 Å². The molecule has 0 heterocycles. The molecule has 0 saturated heterocycles. The van der Waals surface area contributed by atoms with Crippen LogP contribution >= 0.6 is 0 Å². The maximum absolute atomic E-state index is 12.2. The van der Waals surface area contributed by atoms with Crippen molar-refractivity contribution in [3.05, 3.63) is 0 Å². The average molecular weight is 281 g/mol. The third kappa shape index (κ3) is 4.46. The first kappa shape index (κ1) is 16.9. The molecule has 0 radical (unpaired) electrons. The highest BCUT2D eigenvalue weighted by Crippen LogP contribution is 2.24. The molecule has 0 aromatic carbocycles. The van der Waals surface area contributed by atoms with Gasteiger partial charge in [0.15, 0.2) is 0 Å². The van der Waals surface area contributed by atoms with Gasteiger partial charge in [0.05, 0.1) is 12.6 Å². The fourth-order valence-electron chi connectivity index (χ4n) is 2.23. The van der Waals surface area contributed by atoms with E-state index in [-0.39, 0.29) is 18.4 Å². The summed E-state index contributed by atoms with van der Waals surface area (Å²) in [5.41, 5.74) is -0.820. The average Bonchev–Trinajstić information content (AvgIpc) is 2.33. The summed E-state index contributed by atoms with van der Waals surface area (Å²) in [7, 11) is 0. The largest absolute Gasteiger partial charge is 0.396 e. The lowest BCUT2D eigenvalue weighted by atomic mass is 9.89. The summed E-state index contributed by atoms with van der Waals surface area (Å²) in [5.74, 6) is -0.0429. The van der Waals surface area contributed by atoms with Crippen molar-refractivity contribution in [3.8, 4) is 6.07 Å². The van der Waals surface area contributed by atoms with Crippen molar-refractivity contribution in [3.63, 3.8) is 0 Å². The number of carbonyl (C=O) groups is 1. The number of carbonyl (C=O) groups excluding carboxylic acids is 1. The molecular formula is C15H27N3O2. The van der Waals surface area contributed by atoms with Crippen LogP contribution in [0.1, 0.15) is 46.5 Å². The van der Waals surface area contributed by atoms with Crippen molar-refractivity contribution < 1.29 is 9.90 Å². The highest BCUT2D eigenvalue weighted by molar-refractivity contribution is 5.79. The van der Waals surface area contributed by atoms with E-state index in [4.69, 9.17) is 5.11 Å². The van der Waals surface area contributed by atoms with Crippen LogP contribution < -0.4 is 5.32 Å². The molecule has 0 bridgehead atoms. The smallest absolute Gasteiger partial charge is 0.235 e. The number of aliphatic hydroxyl groups excluding tert-OH is 1. The number of aliphatic hydroxyl groups is 1. The third-order valence-corrected chi connectivity index (χ3v) is 4.33. The number of rotatable bonds is 8. The van der Waals surface area contributed by atoms with Gasteiger partial charge in [0.25, 0.3) is 0 Å². The predicted octanol–water partition coefficient (Wildman–Crippen LogP) is 1.28. The van der Waals surface area contributed by atoms with Gasteiger partial charge in [-0.05, 0) is 32.1 Å². The molecule has 114 valence electrons. The molecule has 0 aromatic rings. The summed E-state index contributed by atoms with van der Waals surface area (Å²) in [6.07, 6.45) is 4.14. The van der Waals surface area contributed by atoms with Crippen molar-refractivity contribution in [1.82, 2.24) is 10.2 Å². The predicted molar refractivity (Wildman–Crippen MR) is 77.9 cm³/mol. The van der Waals surface area contributed by atoms with E-state index in [1.807, 2.05) is 13.8 Å². The summed E-state index contributed by atoms with van der Waals surface area (Å²) in [6.45, 7) is 6.82. The number of amides is 1. The second-order valence-corrected chi connectivity index (χ2v) is 6.15. The minimum Gasteiger partial charge on any atom is -0.396 e. The molecule has 1 aliphatic carbocycles. The molecule has 5 heteroatoms. The Hall–Kier alpha value is -1.12. The van der Waals surface area contributed by atoms with Crippen molar-refractivity contribution in [1.29, 1.82) is 5.26 Å². The second kappa shape index (κ2) is 7.61. The van der Waals surface area contributed by atoms with Crippen molar-refractivity contribution >= 4 is 5.91 Å². The van der Waals surface area contributed by atoms with Crippen LogP contribution in [0.2, 0.25) is 0 Å². The molecule has 2 N–H and O–H groups in total. The summed E-state index contributed by atoms with van der Waals surface area (Å²) in [5, 5.41) is 21.0. The Bertz CT molecular complexity index is 361. The topological polar surface area (TPSA) is 76.4 Å². The molecule has 1 aliphatic rings. The molecular weight excluding hydrogens is 254 g/mol. The number of hydrogen-bond acceptors (Lipinski definition) is 4. The Morgan fingerprint density at radius 3 is 2.60 bits per heavy atom. The molecule has 1 fully saturated rings. The summed E-state index contributed by atoms with van der Waals surface area (Å²) >= 11 is 0. The van der Waals surface area contributed by atoms with Gasteiger partial charge in [0, 0.05) is 19.2 Å². The van der Waals surface area contributed by atoms with E-state index in [9.17, 15) is 10.1 Å². The molecule has 0 spiro atoms. The fraction of sp³-hybridized carbons (Fsp3) is 0.867. The zero-order chi connectivity index (χ0) is 15.2. The van der Waals surface area contributed by atoms with Gasteiger partial charge < -0.3 is 10.4 Å². The molecule has 20 heavy (non-hydrogen) atoms. The van der Waals surface area contributed by atoms with Crippen LogP contribution in [-0.4, -0.2) is 47.2 Å². The van der Waals surface area contributed by atoms with E-state index < -0.39 is 5.54 Å². The lowest BCUT2D eigenvalue weighted by Gasteiger charge is -2.38. The van der Waals surface area contributed by atoms with Gasteiger partial charge in [-0.15, -0.1) is 0 Å². The maximum Gasteiger partial charge on any atom is 0.235 e. The first-order valence-electron chi connectivity index (χ1n) is 7.50. The van der Waals surface area contributed by atoms with Gasteiger partial charge in [-0.1, -0.05) is 20.3 Å². The van der Waals surface area contributed by atoms with Gasteiger partial charge in [-0.25, -0.2) is 0 Å². The first-order chi connectivity index (χ1) is 9.42. The first-order valence-corrected chi connectivity index (χ1v) is 7.50. The monoisotopic (exact) mass is 281 g/mol. The van der Waals surface area contributed by atoms with Crippen LogP contribution in [0.15, 0.2) is 0 Å². The van der Waals surface area contributed by atoms with Crippen LogP contribution in [-0.2, 0) is 4.79 Å². The van der Waals surface area contributed by atoms with Gasteiger partial charge >= 0.3 is 0 Å². The normalized spacial score (nSPS) is 18.4. The molecule has 1 rings (SSSR count). The number of nitrogens with one attached hydrogen (secondary N) is 1. The quantitative estimate of drug-likeness (QED) is 0.702. The maximum atomic E-state index is 12.2. The SMILES string of the molecule is CC(C)C(C)(C#N)NC(=O)CN(CCCO)C1CCC1. The lowest BCUT2D eigenvalue weighted by Crippen LogP contribution is -2.53. The van der Waals surface area contributed by atoms with E-state index in [0.717, 1.165) is 19.4 Å². The molecule has 1 saturated carbocycles. The minimum atomic E-state index is -0.820. The lowest BCUT2D eigenvalue weighted by molar-refractivity contribution is -0.125. The molecule has 0 aliphatic heterocycles. The molecule has 1 unspecified atom stereocenters. The molecule has 5 nitrogen and oxygen atoms in total. The highest BCUT2D eigenvalue weighted by atomic mass is 16.3. The van der Waals surface area contributed by atoms with Crippen molar-refractivity contribution in [2.24, 2.45) is 5.92 Å². The van der Waals surface area contributed by atoms with Crippen LogP contribution in [0, 0.1) is 17.2 Å². The number of nitriles is 1. The van der Waals surface area contributed by atoms with Crippen molar-refractivity contribution in [2.75, 3.05) is 19.7 Å². The Morgan fingerprint density at radius 1 is 1.55 bits per heavy atom. The van der Waals surface area contributed by atoms with E-state index in [2.05, 4.69) is 16.3 Å². The Labute approximate surface area is 122 Å². The van der Waals surface area contributed by atoms with Gasteiger partial charge in [0.2, 0.25) is 5.91 Å². The Morgan fingerprint density at radius 2 is 2.20 bits per heavy atom. The zero-order valence-electron chi connectivity index (χ0n) is 12.9. The summed E-state index contributed by atoms with van der Waals surface area (Å²) in [4.78, 5) is 14.3. The summed E-state index contributed by atoms with van der Waals surface area (Å²) < 4.78 is 0. The summed E-state index contributed by atoms with van der Waals surface area (Å²) in [6, 6.07) is 2.65. The molecule has 1 atom stereocenters. The van der Waals surface area contributed by atoms with Crippen LogP contribution in [0.3, 0.4) is 0 Å². The standard InChI is InChI=1S/C15H27N3O2/c1-12(2)15(3,11-16)17-14(20)10-18(8-5-9-19)13-6-4-7-13/h12-13,19H,4-10H2,1-3H3,(H,17,20). The fourth-order valence-corrected chi connectivity index (χ4v) is 2.23. The van der Waals surface area contributed by atoms with E-state index >= 15 is 0 Å². The Kier molecular flexibility index (Phi) is 6.44. The van der Waals surface area contributed by atoms with Crippen LogP contribution in [0.4, 0.5) is 0 Å². The van der Waals surface area contributed by atoms with E-state index in [1.54, 1.807) is 6.92 Å². The third-order valence-electron chi connectivity index (χ3n) is 4.33. The number of hydrogen-bond donors (Lipinski definition) is 2. The highest BCUT2D eigenvalue weighted by Gasteiger charge is 2.32. The molecule has 1 amide bonds. The molecule has 0 aromatic heterocycles. The minimum absolute atomic E-state index is 0.0612. The Balaban J connectivity index is 2.55. The van der Waals surface area contributed by atoms with Crippen molar-refractivity contribution in [2.45, 2.75) is 58.0 Å². The van der Waals surface area contributed by atoms with Gasteiger partial charge in [-0.3, -0.25) is 9.69 Å². The van der Waals surface area contributed by atoms with Gasteiger partial charge in [-0.2, -0.15) is 5.26 Å². The second-order valence-electron chi connectivity index (χ2n) is 6.15. The number of nitrogens with zero attached hydrogens (tertiary/aromatic N) is 2. The zero-order valence-corrected chi connectivity index (χ0v) is 12.9. The van der Waals surface area contributed by atoms with E-state index in [1.165, 1.54) is 6.42 Å².